The number of methoxy groups -OCH3 is 1. The van der Waals surface area contributed by atoms with Crippen LogP contribution < -0.4 is 5.32 Å². The van der Waals surface area contributed by atoms with E-state index in [4.69, 9.17) is 0 Å². The zero-order valence-corrected chi connectivity index (χ0v) is 12.5. The summed E-state index contributed by atoms with van der Waals surface area (Å²) in [4.78, 5) is 14.8. The SMILES string of the molecule is COC(=O)C(C)c1ccc(Nc2ccnc(C(F)(F)F)c2)cc1. The van der Waals surface area contributed by atoms with Crippen LogP contribution >= 0.6 is 0 Å². The summed E-state index contributed by atoms with van der Waals surface area (Å²) < 4.78 is 42.5. The van der Waals surface area contributed by atoms with Crippen LogP contribution in [-0.4, -0.2) is 18.1 Å². The Morgan fingerprint density at radius 3 is 2.39 bits per heavy atom. The lowest BCUT2D eigenvalue weighted by atomic mass is 10.0. The molecule has 0 aliphatic rings. The number of hydrogen-bond donors (Lipinski definition) is 1. The number of ether oxygens (including phenoxy) is 1. The third-order valence-electron chi connectivity index (χ3n) is 3.30. The number of nitrogens with one attached hydrogen (secondary N) is 1. The molecule has 0 radical (unpaired) electrons. The smallest absolute Gasteiger partial charge is 0.433 e. The van der Waals surface area contributed by atoms with Gasteiger partial charge in [-0.25, -0.2) is 0 Å². The van der Waals surface area contributed by atoms with Crippen molar-refractivity contribution in [1.29, 1.82) is 0 Å². The minimum atomic E-state index is -4.49. The molecule has 1 atom stereocenters. The molecule has 122 valence electrons. The molecule has 0 spiro atoms. The lowest BCUT2D eigenvalue weighted by molar-refractivity contribution is -0.142. The number of alkyl halides is 3. The summed E-state index contributed by atoms with van der Waals surface area (Å²) >= 11 is 0. The number of pyridine rings is 1. The Hall–Kier alpha value is -2.57. The Balaban J connectivity index is 2.14. The second kappa shape index (κ2) is 6.68. The normalized spacial score (nSPS) is 12.6. The van der Waals surface area contributed by atoms with Gasteiger partial charge >= 0.3 is 12.1 Å². The first kappa shape index (κ1) is 16.8. The van der Waals surface area contributed by atoms with Crippen LogP contribution in [0.5, 0.6) is 0 Å². The molecule has 0 aliphatic heterocycles. The van der Waals surface area contributed by atoms with Crippen LogP contribution in [0.25, 0.3) is 0 Å². The molecule has 0 bridgehead atoms. The molecule has 0 fully saturated rings. The summed E-state index contributed by atoms with van der Waals surface area (Å²) in [5.74, 6) is -0.763. The van der Waals surface area contributed by atoms with Gasteiger partial charge in [-0.2, -0.15) is 13.2 Å². The minimum absolute atomic E-state index is 0.279. The van der Waals surface area contributed by atoms with Gasteiger partial charge in [0.15, 0.2) is 0 Å². The van der Waals surface area contributed by atoms with E-state index in [1.54, 1.807) is 31.2 Å². The summed E-state index contributed by atoms with van der Waals surface area (Å²) in [6, 6.07) is 9.18. The number of anilines is 2. The Kier molecular flexibility index (Phi) is 4.88. The van der Waals surface area contributed by atoms with E-state index in [1.165, 1.54) is 13.2 Å². The Bertz CT molecular complexity index is 684. The van der Waals surface area contributed by atoms with E-state index in [0.29, 0.717) is 5.69 Å². The fraction of sp³-hybridized carbons (Fsp3) is 0.250. The van der Waals surface area contributed by atoms with E-state index in [0.717, 1.165) is 17.8 Å². The average molecular weight is 324 g/mol. The van der Waals surface area contributed by atoms with Gasteiger partial charge in [0.2, 0.25) is 0 Å². The second-order valence-corrected chi connectivity index (χ2v) is 4.92. The molecule has 1 aromatic carbocycles. The Labute approximate surface area is 131 Å². The number of hydrogen-bond acceptors (Lipinski definition) is 4. The number of aromatic nitrogens is 1. The number of nitrogens with zero attached hydrogens (tertiary/aromatic N) is 1. The van der Waals surface area contributed by atoms with Crippen LogP contribution in [0.3, 0.4) is 0 Å². The van der Waals surface area contributed by atoms with E-state index in [1.807, 2.05) is 0 Å². The molecular formula is C16H15F3N2O2. The van der Waals surface area contributed by atoms with Crippen LogP contribution in [0.4, 0.5) is 24.5 Å². The quantitative estimate of drug-likeness (QED) is 0.860. The molecule has 2 rings (SSSR count). The predicted molar refractivity (Wildman–Crippen MR) is 79.4 cm³/mol. The van der Waals surface area contributed by atoms with Crippen molar-refractivity contribution in [3.63, 3.8) is 0 Å². The first-order chi connectivity index (χ1) is 10.8. The number of esters is 1. The highest BCUT2D eigenvalue weighted by atomic mass is 19.4. The lowest BCUT2D eigenvalue weighted by Gasteiger charge is -2.12. The molecule has 0 saturated heterocycles. The average Bonchev–Trinajstić information content (AvgIpc) is 2.53. The highest BCUT2D eigenvalue weighted by Crippen LogP contribution is 2.29. The van der Waals surface area contributed by atoms with Gasteiger partial charge in [0, 0.05) is 17.6 Å². The molecular weight excluding hydrogens is 309 g/mol. The highest BCUT2D eigenvalue weighted by molar-refractivity contribution is 5.77. The van der Waals surface area contributed by atoms with E-state index in [-0.39, 0.29) is 11.7 Å². The first-order valence-corrected chi connectivity index (χ1v) is 6.79. The Morgan fingerprint density at radius 1 is 1.17 bits per heavy atom. The van der Waals surface area contributed by atoms with Crippen molar-refractivity contribution in [1.82, 2.24) is 4.98 Å². The number of halogens is 3. The largest absolute Gasteiger partial charge is 0.469 e. The molecule has 0 amide bonds. The van der Waals surface area contributed by atoms with Crippen molar-refractivity contribution in [3.05, 3.63) is 53.9 Å². The van der Waals surface area contributed by atoms with Crippen molar-refractivity contribution in [2.45, 2.75) is 19.0 Å². The van der Waals surface area contributed by atoms with Gasteiger partial charge in [-0.05, 0) is 36.8 Å². The second-order valence-electron chi connectivity index (χ2n) is 4.92. The van der Waals surface area contributed by atoms with Gasteiger partial charge in [-0.15, -0.1) is 0 Å². The first-order valence-electron chi connectivity index (χ1n) is 6.79. The molecule has 4 nitrogen and oxygen atoms in total. The van der Waals surface area contributed by atoms with Crippen molar-refractivity contribution in [2.24, 2.45) is 0 Å². The van der Waals surface area contributed by atoms with Gasteiger partial charge in [0.05, 0.1) is 13.0 Å². The van der Waals surface area contributed by atoms with Gasteiger partial charge in [0.25, 0.3) is 0 Å². The third kappa shape index (κ3) is 4.21. The van der Waals surface area contributed by atoms with E-state index < -0.39 is 17.8 Å². The van der Waals surface area contributed by atoms with Gasteiger partial charge < -0.3 is 10.1 Å². The zero-order chi connectivity index (χ0) is 17.0. The number of benzene rings is 1. The van der Waals surface area contributed by atoms with E-state index >= 15 is 0 Å². The molecule has 1 aromatic heterocycles. The summed E-state index contributed by atoms with van der Waals surface area (Å²) in [6.45, 7) is 1.72. The summed E-state index contributed by atoms with van der Waals surface area (Å²) in [6.07, 6.45) is -3.39. The topological polar surface area (TPSA) is 51.2 Å². The molecule has 1 heterocycles. The van der Waals surface area contributed by atoms with Crippen molar-refractivity contribution in [2.75, 3.05) is 12.4 Å². The van der Waals surface area contributed by atoms with Crippen LogP contribution in [0.2, 0.25) is 0 Å². The number of carbonyl (C=O) groups is 1. The number of rotatable bonds is 4. The third-order valence-corrected chi connectivity index (χ3v) is 3.30. The maximum atomic E-state index is 12.6. The maximum absolute atomic E-state index is 12.6. The molecule has 1 N–H and O–H groups in total. The van der Waals surface area contributed by atoms with Crippen LogP contribution in [0.15, 0.2) is 42.6 Å². The predicted octanol–water partition coefficient (Wildman–Crippen LogP) is 4.12. The van der Waals surface area contributed by atoms with Gasteiger partial charge in [-0.1, -0.05) is 12.1 Å². The molecule has 0 aliphatic carbocycles. The monoisotopic (exact) mass is 324 g/mol. The molecule has 1 unspecified atom stereocenters. The molecule has 2 aromatic rings. The summed E-state index contributed by atoms with van der Waals surface area (Å²) in [5, 5.41) is 2.87. The summed E-state index contributed by atoms with van der Waals surface area (Å²) in [5.41, 5.74) is 0.678. The van der Waals surface area contributed by atoms with Crippen LogP contribution in [0, 0.1) is 0 Å². The van der Waals surface area contributed by atoms with Crippen molar-refractivity contribution < 1.29 is 22.7 Å². The fourth-order valence-corrected chi connectivity index (χ4v) is 2.00. The maximum Gasteiger partial charge on any atom is 0.433 e. The fourth-order valence-electron chi connectivity index (χ4n) is 2.00. The summed E-state index contributed by atoms with van der Waals surface area (Å²) in [7, 11) is 1.32. The van der Waals surface area contributed by atoms with Gasteiger partial charge in [-0.3, -0.25) is 9.78 Å². The highest BCUT2D eigenvalue weighted by Gasteiger charge is 2.32. The van der Waals surface area contributed by atoms with Gasteiger partial charge in [0.1, 0.15) is 5.69 Å². The van der Waals surface area contributed by atoms with Crippen LogP contribution in [0.1, 0.15) is 24.1 Å². The lowest BCUT2D eigenvalue weighted by Crippen LogP contribution is -2.10. The van der Waals surface area contributed by atoms with Crippen LogP contribution in [-0.2, 0) is 15.7 Å². The van der Waals surface area contributed by atoms with E-state index in [2.05, 4.69) is 15.0 Å². The number of carbonyl (C=O) groups excluding carboxylic acids is 1. The standard InChI is InChI=1S/C16H15F3N2O2/c1-10(15(22)23-2)11-3-5-12(6-4-11)21-13-7-8-20-14(9-13)16(17,18)19/h3-10H,1-2H3,(H,20,21). The molecule has 0 saturated carbocycles. The van der Waals surface area contributed by atoms with Crippen molar-refractivity contribution in [3.8, 4) is 0 Å². The minimum Gasteiger partial charge on any atom is -0.469 e. The van der Waals surface area contributed by atoms with E-state index in [9.17, 15) is 18.0 Å². The molecule has 23 heavy (non-hydrogen) atoms. The zero-order valence-electron chi connectivity index (χ0n) is 12.5. The van der Waals surface area contributed by atoms with Crippen molar-refractivity contribution >= 4 is 17.3 Å². The molecule has 7 heteroatoms. The Morgan fingerprint density at radius 2 is 1.83 bits per heavy atom.